The highest BCUT2D eigenvalue weighted by Gasteiger charge is 2.18. The van der Waals surface area contributed by atoms with Crippen molar-refractivity contribution in [1.29, 1.82) is 0 Å². The molecule has 1 saturated heterocycles. The van der Waals surface area contributed by atoms with E-state index < -0.39 is 0 Å². The molecule has 0 saturated carbocycles. The van der Waals surface area contributed by atoms with E-state index in [9.17, 15) is 4.79 Å². The molecule has 1 amide bonds. The van der Waals surface area contributed by atoms with Gasteiger partial charge in [-0.3, -0.25) is 4.79 Å². The van der Waals surface area contributed by atoms with Gasteiger partial charge in [-0.2, -0.15) is 5.10 Å². The summed E-state index contributed by atoms with van der Waals surface area (Å²) in [6.45, 7) is 2.24. The molecule has 7 nitrogen and oxygen atoms in total. The Morgan fingerprint density at radius 1 is 0.941 bits per heavy atom. The maximum absolute atomic E-state index is 12.3. The molecule has 7 heteroatoms. The van der Waals surface area contributed by atoms with Gasteiger partial charge in [-0.05, 0) is 23.8 Å². The number of ether oxygens (including phenoxy) is 3. The molecular formula is C27H27N3O4. The van der Waals surface area contributed by atoms with E-state index in [2.05, 4.69) is 10.2 Å². The normalized spacial score (nSPS) is 13.5. The zero-order valence-electron chi connectivity index (χ0n) is 19.1. The maximum Gasteiger partial charge on any atom is 0.260 e. The number of hydrogen-bond donors (Lipinski definition) is 0. The number of morpholine rings is 1. The fourth-order valence-corrected chi connectivity index (χ4v) is 3.55. The van der Waals surface area contributed by atoms with Crippen LogP contribution in [0, 0.1) is 0 Å². The van der Waals surface area contributed by atoms with E-state index in [-0.39, 0.29) is 12.5 Å². The molecule has 0 spiro atoms. The number of carbonyl (C=O) groups is 1. The van der Waals surface area contributed by atoms with Gasteiger partial charge in [0.25, 0.3) is 5.91 Å². The standard InChI is InChI=1S/C27H27N3O4/c1-32-25-18-21(12-13-24(25)34-20-26(31)30-14-16-33-17-15-30)19-28-29-27(22-8-4-2-5-9-22)23-10-6-3-7-11-23/h2-13,18-19H,14-17,20H2,1H3/b28-19+. The number of nitrogens with zero attached hydrogens (tertiary/aromatic N) is 3. The minimum atomic E-state index is -0.0697. The first kappa shape index (κ1) is 23.2. The average molecular weight is 458 g/mol. The molecular weight excluding hydrogens is 430 g/mol. The lowest BCUT2D eigenvalue weighted by atomic mass is 10.0. The van der Waals surface area contributed by atoms with Gasteiger partial charge >= 0.3 is 0 Å². The lowest BCUT2D eigenvalue weighted by Gasteiger charge is -2.26. The Balaban J connectivity index is 1.47. The molecule has 174 valence electrons. The number of amides is 1. The predicted molar refractivity (Wildman–Crippen MR) is 132 cm³/mol. The van der Waals surface area contributed by atoms with Crippen LogP contribution in [0.1, 0.15) is 16.7 Å². The summed E-state index contributed by atoms with van der Waals surface area (Å²) in [5.74, 6) is 0.952. The van der Waals surface area contributed by atoms with Crippen molar-refractivity contribution in [2.75, 3.05) is 40.0 Å². The van der Waals surface area contributed by atoms with Crippen LogP contribution in [0.2, 0.25) is 0 Å². The average Bonchev–Trinajstić information content (AvgIpc) is 2.91. The fraction of sp³-hybridized carbons (Fsp3) is 0.222. The van der Waals surface area contributed by atoms with Crippen LogP contribution in [-0.2, 0) is 9.53 Å². The highest BCUT2D eigenvalue weighted by Crippen LogP contribution is 2.27. The lowest BCUT2D eigenvalue weighted by Crippen LogP contribution is -2.43. The summed E-state index contributed by atoms with van der Waals surface area (Å²) in [7, 11) is 1.56. The van der Waals surface area contributed by atoms with Crippen LogP contribution < -0.4 is 9.47 Å². The second kappa shape index (κ2) is 11.8. The molecule has 1 heterocycles. The van der Waals surface area contributed by atoms with Crippen LogP contribution in [0.4, 0.5) is 0 Å². The van der Waals surface area contributed by atoms with Crippen LogP contribution in [0.15, 0.2) is 89.1 Å². The molecule has 0 unspecified atom stereocenters. The van der Waals surface area contributed by atoms with E-state index in [0.29, 0.717) is 37.8 Å². The lowest BCUT2D eigenvalue weighted by molar-refractivity contribution is -0.137. The first-order chi connectivity index (χ1) is 16.7. The smallest absolute Gasteiger partial charge is 0.260 e. The minimum Gasteiger partial charge on any atom is -0.493 e. The molecule has 0 aromatic heterocycles. The second-order valence-corrected chi connectivity index (χ2v) is 7.62. The van der Waals surface area contributed by atoms with Crippen LogP contribution >= 0.6 is 0 Å². The van der Waals surface area contributed by atoms with Crippen LogP contribution in [0.25, 0.3) is 0 Å². The molecule has 4 rings (SSSR count). The van der Waals surface area contributed by atoms with Crippen molar-refractivity contribution < 1.29 is 19.0 Å². The van der Waals surface area contributed by atoms with Gasteiger partial charge in [0.05, 0.1) is 26.5 Å². The third-order valence-electron chi connectivity index (χ3n) is 5.36. The molecule has 34 heavy (non-hydrogen) atoms. The van der Waals surface area contributed by atoms with Gasteiger partial charge < -0.3 is 19.1 Å². The Labute approximate surface area is 199 Å². The van der Waals surface area contributed by atoms with Gasteiger partial charge in [-0.1, -0.05) is 60.7 Å². The van der Waals surface area contributed by atoms with Crippen LogP contribution in [0.5, 0.6) is 11.5 Å². The SMILES string of the molecule is COc1cc(/C=N/N=C(c2ccccc2)c2ccccc2)ccc1OCC(=O)N1CCOCC1. The molecule has 3 aromatic carbocycles. The molecule has 1 aliphatic heterocycles. The number of rotatable bonds is 8. The quantitative estimate of drug-likeness (QED) is 0.381. The maximum atomic E-state index is 12.3. The van der Waals surface area contributed by atoms with Gasteiger partial charge in [0.1, 0.15) is 5.71 Å². The summed E-state index contributed by atoms with van der Waals surface area (Å²) >= 11 is 0. The third-order valence-corrected chi connectivity index (χ3v) is 5.36. The molecule has 0 radical (unpaired) electrons. The molecule has 0 atom stereocenters. The molecule has 0 N–H and O–H groups in total. The summed E-state index contributed by atoms with van der Waals surface area (Å²) in [6, 6.07) is 25.3. The highest BCUT2D eigenvalue weighted by molar-refractivity contribution is 6.12. The van der Waals surface area contributed by atoms with Crippen molar-refractivity contribution in [2.24, 2.45) is 10.2 Å². The van der Waals surface area contributed by atoms with Crippen molar-refractivity contribution in [1.82, 2.24) is 4.90 Å². The van der Waals surface area contributed by atoms with Gasteiger partial charge in [0.15, 0.2) is 18.1 Å². The fourth-order valence-electron chi connectivity index (χ4n) is 3.55. The largest absolute Gasteiger partial charge is 0.493 e. The van der Waals surface area contributed by atoms with Crippen LogP contribution in [-0.4, -0.2) is 62.8 Å². The van der Waals surface area contributed by atoms with Crippen molar-refractivity contribution in [3.63, 3.8) is 0 Å². The van der Waals surface area contributed by atoms with Crippen molar-refractivity contribution in [2.45, 2.75) is 0 Å². The summed E-state index contributed by atoms with van der Waals surface area (Å²) in [4.78, 5) is 14.1. The monoisotopic (exact) mass is 457 g/mol. The number of methoxy groups -OCH3 is 1. The topological polar surface area (TPSA) is 72.7 Å². The van der Waals surface area contributed by atoms with E-state index >= 15 is 0 Å². The zero-order chi connectivity index (χ0) is 23.6. The molecule has 3 aromatic rings. The number of hydrogen-bond acceptors (Lipinski definition) is 6. The Kier molecular flexibility index (Phi) is 8.03. The predicted octanol–water partition coefficient (Wildman–Crippen LogP) is 3.80. The van der Waals surface area contributed by atoms with E-state index in [1.165, 1.54) is 0 Å². The third kappa shape index (κ3) is 6.08. The van der Waals surface area contributed by atoms with Gasteiger partial charge in [0.2, 0.25) is 0 Å². The minimum absolute atomic E-state index is 0.0500. The number of benzene rings is 3. The Hall–Kier alpha value is -3.97. The first-order valence-electron chi connectivity index (χ1n) is 11.1. The Morgan fingerprint density at radius 2 is 1.59 bits per heavy atom. The van der Waals surface area contributed by atoms with E-state index in [0.717, 1.165) is 22.4 Å². The zero-order valence-corrected chi connectivity index (χ0v) is 19.1. The second-order valence-electron chi connectivity index (χ2n) is 7.62. The van der Waals surface area contributed by atoms with Gasteiger partial charge in [-0.15, -0.1) is 5.10 Å². The Bertz CT molecular complexity index is 1100. The first-order valence-corrected chi connectivity index (χ1v) is 11.1. The highest BCUT2D eigenvalue weighted by atomic mass is 16.5. The Morgan fingerprint density at radius 3 is 2.21 bits per heavy atom. The molecule has 0 bridgehead atoms. The molecule has 0 aliphatic carbocycles. The summed E-state index contributed by atoms with van der Waals surface area (Å²) in [5, 5.41) is 8.83. The molecule has 1 aliphatic rings. The van der Waals surface area contributed by atoms with Crippen LogP contribution in [0.3, 0.4) is 0 Å². The van der Waals surface area contributed by atoms with Gasteiger partial charge in [0, 0.05) is 24.2 Å². The van der Waals surface area contributed by atoms with E-state index in [1.54, 1.807) is 30.4 Å². The number of carbonyl (C=O) groups excluding carboxylic acids is 1. The van der Waals surface area contributed by atoms with Crippen molar-refractivity contribution in [3.8, 4) is 11.5 Å². The summed E-state index contributed by atoms with van der Waals surface area (Å²) < 4.78 is 16.5. The van der Waals surface area contributed by atoms with E-state index in [1.807, 2.05) is 66.7 Å². The van der Waals surface area contributed by atoms with E-state index in [4.69, 9.17) is 14.2 Å². The van der Waals surface area contributed by atoms with Gasteiger partial charge in [-0.25, -0.2) is 0 Å². The van der Waals surface area contributed by atoms with Crippen molar-refractivity contribution >= 4 is 17.8 Å². The summed E-state index contributed by atoms with van der Waals surface area (Å²) in [6.07, 6.45) is 1.66. The van der Waals surface area contributed by atoms with Crippen molar-refractivity contribution in [3.05, 3.63) is 95.6 Å². The summed E-state index contributed by atoms with van der Waals surface area (Å²) in [5.41, 5.74) is 3.55. The molecule has 1 fully saturated rings.